The third-order valence-corrected chi connectivity index (χ3v) is 10.1. The van der Waals surface area contributed by atoms with Gasteiger partial charge in [0.1, 0.15) is 11.6 Å². The lowest BCUT2D eigenvalue weighted by Crippen LogP contribution is -2.02. The summed E-state index contributed by atoms with van der Waals surface area (Å²) in [4.78, 5) is 20.3. The number of methoxy groups -OCH3 is 6. The summed E-state index contributed by atoms with van der Waals surface area (Å²) in [5.41, 5.74) is 8.84. The summed E-state index contributed by atoms with van der Waals surface area (Å²) >= 11 is 0. The van der Waals surface area contributed by atoms with Crippen molar-refractivity contribution in [2.45, 2.75) is 13.8 Å². The first-order valence-electron chi connectivity index (χ1n) is 19.1. The van der Waals surface area contributed by atoms with Gasteiger partial charge in [-0.25, -0.2) is 19.9 Å². The molecule has 0 spiro atoms. The van der Waals surface area contributed by atoms with Crippen LogP contribution in [-0.2, 0) is 0 Å². The summed E-state index contributed by atoms with van der Waals surface area (Å²) in [6.07, 6.45) is 0. The van der Waals surface area contributed by atoms with E-state index in [2.05, 4.69) is 73.0 Å². The van der Waals surface area contributed by atoms with Crippen LogP contribution in [-0.4, -0.2) is 62.6 Å². The SMILES string of the molecule is COc1cc(-c2nc(Nc3cccc(C)c3)c3cc(-c4ccc5nc(-c6cc(OC)c(OC)c(OC)c6)nc(Nc6cccc(C)c6)c5c4)ccc3n2)cc(OC)c1OC. The topological polar surface area (TPSA) is 131 Å². The quantitative estimate of drug-likeness (QED) is 0.115. The van der Waals surface area contributed by atoms with E-state index in [-0.39, 0.29) is 0 Å². The summed E-state index contributed by atoms with van der Waals surface area (Å²) in [5.74, 6) is 5.25. The van der Waals surface area contributed by atoms with E-state index in [1.807, 2.05) is 60.7 Å². The summed E-state index contributed by atoms with van der Waals surface area (Å²) in [5, 5.41) is 8.82. The average Bonchev–Trinajstić information content (AvgIpc) is 3.27. The smallest absolute Gasteiger partial charge is 0.203 e. The molecule has 12 nitrogen and oxygen atoms in total. The molecule has 2 heterocycles. The zero-order valence-corrected chi connectivity index (χ0v) is 34.6. The van der Waals surface area contributed by atoms with Crippen molar-refractivity contribution in [3.05, 3.63) is 120 Å². The number of nitrogens with one attached hydrogen (secondary N) is 2. The number of ether oxygens (including phenoxy) is 6. The Labute approximate surface area is 348 Å². The van der Waals surface area contributed by atoms with Gasteiger partial charge in [0.2, 0.25) is 11.5 Å². The van der Waals surface area contributed by atoms with Crippen molar-refractivity contribution in [2.24, 2.45) is 0 Å². The van der Waals surface area contributed by atoms with Gasteiger partial charge in [-0.3, -0.25) is 0 Å². The zero-order chi connectivity index (χ0) is 41.9. The van der Waals surface area contributed by atoms with E-state index < -0.39 is 0 Å². The molecule has 2 N–H and O–H groups in total. The highest BCUT2D eigenvalue weighted by Gasteiger charge is 2.20. The van der Waals surface area contributed by atoms with Gasteiger partial charge < -0.3 is 39.1 Å². The molecule has 0 bridgehead atoms. The zero-order valence-electron chi connectivity index (χ0n) is 34.6. The number of aryl methyl sites for hydroxylation is 2. The number of aromatic nitrogens is 4. The standard InChI is InChI=1S/C48H44N6O6/c1-27-11-9-13-33(19-27)49-47-35-21-29(15-17-37(35)51-45(53-47)31-23-39(55-3)43(59-7)40(24-31)56-4)30-16-18-38-36(22-30)48(50-34-14-10-12-28(2)20-34)54-46(52-38)32-25-41(57-5)44(60-8)42(26-32)58-6/h9-26H,1-8H3,(H,49,51,53)(H,50,52,54). The van der Waals surface area contributed by atoms with Crippen LogP contribution in [0, 0.1) is 13.8 Å². The fraction of sp³-hybridized carbons (Fsp3) is 0.167. The molecule has 0 saturated carbocycles. The van der Waals surface area contributed by atoms with Gasteiger partial charge in [-0.1, -0.05) is 36.4 Å². The average molecular weight is 801 g/mol. The lowest BCUT2D eigenvalue weighted by Gasteiger charge is -2.16. The van der Waals surface area contributed by atoms with Crippen molar-refractivity contribution in [1.29, 1.82) is 0 Å². The fourth-order valence-corrected chi connectivity index (χ4v) is 7.20. The predicted octanol–water partition coefficient (Wildman–Crippen LogP) is 10.7. The van der Waals surface area contributed by atoms with Gasteiger partial charge >= 0.3 is 0 Å². The van der Waals surface area contributed by atoms with Crippen LogP contribution in [0.2, 0.25) is 0 Å². The van der Waals surface area contributed by atoms with Crippen LogP contribution >= 0.6 is 0 Å². The molecule has 0 radical (unpaired) electrons. The van der Waals surface area contributed by atoms with Gasteiger partial charge in [0.15, 0.2) is 34.6 Å². The highest BCUT2D eigenvalue weighted by atomic mass is 16.5. The van der Waals surface area contributed by atoms with E-state index in [1.165, 1.54) is 0 Å². The Bertz CT molecular complexity index is 2650. The number of fused-ring (bicyclic) bond motifs is 2. The Morgan fingerprint density at radius 3 is 1.10 bits per heavy atom. The Hall–Kier alpha value is -7.60. The van der Waals surface area contributed by atoms with E-state index in [0.29, 0.717) is 68.9 Å². The van der Waals surface area contributed by atoms with Gasteiger partial charge in [0.05, 0.1) is 53.7 Å². The summed E-state index contributed by atoms with van der Waals surface area (Å²) in [6, 6.07) is 36.1. The minimum absolute atomic E-state index is 0.488. The van der Waals surface area contributed by atoms with Gasteiger partial charge in [0.25, 0.3) is 0 Å². The van der Waals surface area contributed by atoms with Crippen LogP contribution < -0.4 is 39.1 Å². The lowest BCUT2D eigenvalue weighted by molar-refractivity contribution is 0.324. The molecular formula is C48H44N6O6. The maximum atomic E-state index is 5.66. The Morgan fingerprint density at radius 2 is 0.767 bits per heavy atom. The molecule has 12 heteroatoms. The number of rotatable bonds is 13. The van der Waals surface area contributed by atoms with E-state index in [9.17, 15) is 0 Å². The molecule has 0 amide bonds. The molecule has 0 aliphatic heterocycles. The van der Waals surface area contributed by atoms with E-state index in [1.54, 1.807) is 42.7 Å². The van der Waals surface area contributed by atoms with Crippen LogP contribution in [0.3, 0.4) is 0 Å². The molecule has 0 fully saturated rings. The van der Waals surface area contributed by atoms with Crippen LogP contribution in [0.4, 0.5) is 23.0 Å². The summed E-state index contributed by atoms with van der Waals surface area (Å²) in [7, 11) is 9.50. The van der Waals surface area contributed by atoms with Crippen molar-refractivity contribution in [3.8, 4) is 68.4 Å². The Balaban J connectivity index is 1.28. The number of hydrogen-bond acceptors (Lipinski definition) is 12. The first-order chi connectivity index (χ1) is 29.2. The molecule has 0 atom stereocenters. The molecule has 302 valence electrons. The second-order valence-electron chi connectivity index (χ2n) is 14.1. The third-order valence-electron chi connectivity index (χ3n) is 10.1. The van der Waals surface area contributed by atoms with Crippen LogP contribution in [0.15, 0.2) is 109 Å². The number of benzene rings is 6. The maximum absolute atomic E-state index is 5.66. The highest BCUT2D eigenvalue weighted by Crippen LogP contribution is 2.43. The number of anilines is 4. The lowest BCUT2D eigenvalue weighted by atomic mass is 10.0. The van der Waals surface area contributed by atoms with Crippen molar-refractivity contribution in [1.82, 2.24) is 19.9 Å². The minimum Gasteiger partial charge on any atom is -0.493 e. The van der Waals surface area contributed by atoms with E-state index in [4.69, 9.17) is 48.4 Å². The molecule has 8 rings (SSSR count). The van der Waals surface area contributed by atoms with Crippen LogP contribution in [0.5, 0.6) is 34.5 Å². The molecule has 6 aromatic carbocycles. The molecule has 0 aliphatic carbocycles. The van der Waals surface area contributed by atoms with Crippen molar-refractivity contribution in [3.63, 3.8) is 0 Å². The molecule has 2 aromatic heterocycles. The van der Waals surface area contributed by atoms with E-state index >= 15 is 0 Å². The fourth-order valence-electron chi connectivity index (χ4n) is 7.20. The second kappa shape index (κ2) is 16.7. The molecule has 0 saturated heterocycles. The van der Waals surface area contributed by atoms with E-state index in [0.717, 1.165) is 55.4 Å². The monoisotopic (exact) mass is 800 g/mol. The van der Waals surface area contributed by atoms with Crippen molar-refractivity contribution < 1.29 is 28.4 Å². The second-order valence-corrected chi connectivity index (χ2v) is 14.1. The Kier molecular flexibility index (Phi) is 10.9. The Morgan fingerprint density at radius 1 is 0.383 bits per heavy atom. The summed E-state index contributed by atoms with van der Waals surface area (Å²) < 4.78 is 33.8. The highest BCUT2D eigenvalue weighted by molar-refractivity contribution is 5.99. The molecule has 60 heavy (non-hydrogen) atoms. The molecule has 0 unspecified atom stereocenters. The number of hydrogen-bond donors (Lipinski definition) is 2. The molecule has 0 aliphatic rings. The number of nitrogens with zero attached hydrogens (tertiary/aromatic N) is 4. The largest absolute Gasteiger partial charge is 0.493 e. The third kappa shape index (κ3) is 7.70. The minimum atomic E-state index is 0.488. The van der Waals surface area contributed by atoms with Crippen molar-refractivity contribution in [2.75, 3.05) is 53.3 Å². The van der Waals surface area contributed by atoms with Gasteiger partial charge in [-0.15, -0.1) is 0 Å². The molecule has 8 aromatic rings. The summed E-state index contributed by atoms with van der Waals surface area (Å²) in [6.45, 7) is 4.11. The van der Waals surface area contributed by atoms with Crippen LogP contribution in [0.25, 0.3) is 55.7 Å². The van der Waals surface area contributed by atoms with Crippen LogP contribution in [0.1, 0.15) is 11.1 Å². The maximum Gasteiger partial charge on any atom is 0.203 e. The predicted molar refractivity (Wildman–Crippen MR) is 237 cm³/mol. The van der Waals surface area contributed by atoms with Gasteiger partial charge in [0, 0.05) is 33.3 Å². The van der Waals surface area contributed by atoms with Crippen molar-refractivity contribution >= 4 is 44.8 Å². The normalized spacial score (nSPS) is 11.0. The van der Waals surface area contributed by atoms with Gasteiger partial charge in [-0.2, -0.15) is 0 Å². The van der Waals surface area contributed by atoms with Gasteiger partial charge in [-0.05, 0) is 109 Å². The molecular weight excluding hydrogens is 757 g/mol. The first-order valence-corrected chi connectivity index (χ1v) is 19.1. The first kappa shape index (κ1) is 39.2.